The number of fused-ring (bicyclic) bond motifs is 2. The van der Waals surface area contributed by atoms with E-state index in [0.29, 0.717) is 46.6 Å². The molecule has 0 amide bonds. The summed E-state index contributed by atoms with van der Waals surface area (Å²) in [6, 6.07) is 107. The molecule has 16 rings (SSSR count). The maximum Gasteiger partial charge on any atom is 0.164 e. The molecule has 0 unspecified atom stereocenters. The Labute approximate surface area is 531 Å². The molecule has 10 heteroatoms. The topological polar surface area (TPSA) is 129 Å². The molecule has 0 aliphatic carbocycles. The summed E-state index contributed by atoms with van der Waals surface area (Å²) in [6.45, 7) is 0. The minimum Gasteiger partial charge on any atom is -0.228 e. The van der Waals surface area contributed by atoms with Crippen LogP contribution in [0.5, 0.6) is 0 Å². The van der Waals surface area contributed by atoms with Crippen LogP contribution in [0.15, 0.2) is 315 Å². The van der Waals surface area contributed by atoms with Gasteiger partial charge in [0, 0.05) is 72.1 Å². The van der Waals surface area contributed by atoms with E-state index in [1.54, 1.807) is 0 Å². The van der Waals surface area contributed by atoms with E-state index in [0.717, 1.165) is 122 Å². The molecule has 0 bridgehead atoms. The van der Waals surface area contributed by atoms with E-state index >= 15 is 0 Å². The predicted octanol–water partition coefficient (Wildman–Crippen LogP) is 19.6. The van der Waals surface area contributed by atoms with Gasteiger partial charge in [0.15, 0.2) is 46.6 Å². The van der Waals surface area contributed by atoms with Gasteiger partial charge in [0.05, 0.1) is 22.8 Å². The van der Waals surface area contributed by atoms with Gasteiger partial charge in [0.2, 0.25) is 0 Å². The minimum atomic E-state index is 0.538. The second-order valence-electron chi connectivity index (χ2n) is 22.4. The quantitative estimate of drug-likeness (QED) is 0.110. The third kappa shape index (κ3) is 11.1. The van der Waals surface area contributed by atoms with Gasteiger partial charge in [-0.3, -0.25) is 0 Å². The predicted molar refractivity (Wildman–Crippen MR) is 370 cm³/mol. The normalized spacial score (nSPS) is 11.3. The van der Waals surface area contributed by atoms with E-state index in [2.05, 4.69) is 158 Å². The zero-order valence-corrected chi connectivity index (χ0v) is 49.5. The third-order valence-electron chi connectivity index (χ3n) is 16.4. The molecule has 0 saturated carbocycles. The Morgan fingerprint density at radius 3 is 0.891 bits per heavy atom. The Morgan fingerprint density at radius 2 is 0.435 bits per heavy atom. The first kappa shape index (κ1) is 54.7. The fourth-order valence-electron chi connectivity index (χ4n) is 11.8. The molecule has 0 spiro atoms. The number of benzene rings is 12. The molecular formula is C82H52N10. The van der Waals surface area contributed by atoms with Crippen LogP contribution in [0.2, 0.25) is 0 Å². The highest BCUT2D eigenvalue weighted by molar-refractivity contribution is 6.05. The van der Waals surface area contributed by atoms with Crippen molar-refractivity contribution in [3.05, 3.63) is 315 Å². The first-order chi connectivity index (χ1) is 45.5. The maximum absolute atomic E-state index is 5.37. The second kappa shape index (κ2) is 24.1. The molecule has 0 aliphatic heterocycles. The van der Waals surface area contributed by atoms with Crippen molar-refractivity contribution in [2.24, 2.45) is 0 Å². The lowest BCUT2D eigenvalue weighted by atomic mass is 9.95. The monoisotopic (exact) mass is 1180 g/mol. The lowest BCUT2D eigenvalue weighted by molar-refractivity contribution is 1.07. The van der Waals surface area contributed by atoms with Gasteiger partial charge in [-0.1, -0.05) is 279 Å². The number of rotatable bonds is 13. The molecule has 0 atom stereocenters. The molecule has 430 valence electrons. The standard InChI is InChI=1S/C82H52N10/c1-7-23-53(24-8-1)70-51-72(64-45-43-63-50-67(46-44-62(63)47-64)81-88-76(57-29-13-4-14-30-57)87-77(89-81)58-31-15-5-16-32-58)85-79(84-70)65-39-19-37-60(48-65)61-38-20-40-66(49-61)80-90-78(59-33-17-6-18-34-59)91-82(92-80)69-42-22-36-55-35-21-41-68(74(55)69)73-52-71(54-25-9-2-10-26-54)83-75(86-73)56-27-11-3-12-28-56/h1-52H. The Hall–Kier alpha value is -12.7. The number of aromatic nitrogens is 10. The van der Waals surface area contributed by atoms with E-state index in [1.165, 1.54) is 0 Å². The lowest BCUT2D eigenvalue weighted by Crippen LogP contribution is -2.01. The maximum atomic E-state index is 5.37. The molecule has 16 aromatic rings. The Balaban J connectivity index is 0.763. The van der Waals surface area contributed by atoms with Crippen molar-refractivity contribution in [3.8, 4) is 147 Å². The average Bonchev–Trinajstić information content (AvgIpc) is 0.887. The van der Waals surface area contributed by atoms with E-state index in [-0.39, 0.29) is 0 Å². The molecule has 4 heterocycles. The van der Waals surface area contributed by atoms with Crippen LogP contribution in [0.4, 0.5) is 0 Å². The van der Waals surface area contributed by atoms with Gasteiger partial charge >= 0.3 is 0 Å². The van der Waals surface area contributed by atoms with Crippen molar-refractivity contribution in [1.29, 1.82) is 0 Å². The SMILES string of the molecule is c1ccc(-c2cc(-c3ccc4cc(-c5nc(-c6ccccc6)nc(-c6ccccc6)n5)ccc4c3)nc(-c3cccc(-c4cccc(-c5nc(-c6ccccc6)nc(-c6cccc7cccc(-c8cc(-c9ccccc9)nc(-c9ccccc9)n8)c67)n5)c4)c3)n2)cc1. The van der Waals surface area contributed by atoms with Crippen molar-refractivity contribution in [3.63, 3.8) is 0 Å². The Bertz CT molecular complexity index is 5260. The molecular weight excluding hydrogens is 1120 g/mol. The number of hydrogen-bond donors (Lipinski definition) is 0. The Kier molecular flexibility index (Phi) is 14.4. The van der Waals surface area contributed by atoms with Gasteiger partial charge in [-0.05, 0) is 63.7 Å². The molecule has 92 heavy (non-hydrogen) atoms. The molecule has 0 saturated heterocycles. The van der Waals surface area contributed by atoms with Crippen LogP contribution in [-0.4, -0.2) is 49.8 Å². The molecule has 4 aromatic heterocycles. The zero-order chi connectivity index (χ0) is 61.2. The summed E-state index contributed by atoms with van der Waals surface area (Å²) in [7, 11) is 0. The van der Waals surface area contributed by atoms with Gasteiger partial charge in [-0.15, -0.1) is 0 Å². The summed E-state index contributed by atoms with van der Waals surface area (Å²) in [5.41, 5.74) is 16.2. The van der Waals surface area contributed by atoms with Crippen molar-refractivity contribution in [2.75, 3.05) is 0 Å². The molecule has 0 radical (unpaired) electrons. The van der Waals surface area contributed by atoms with Gasteiger partial charge in [0.1, 0.15) is 0 Å². The van der Waals surface area contributed by atoms with E-state index in [1.807, 2.05) is 158 Å². The first-order valence-corrected chi connectivity index (χ1v) is 30.4. The third-order valence-corrected chi connectivity index (χ3v) is 16.4. The van der Waals surface area contributed by atoms with Crippen LogP contribution in [0, 0.1) is 0 Å². The highest BCUT2D eigenvalue weighted by Gasteiger charge is 2.21. The van der Waals surface area contributed by atoms with Crippen LogP contribution in [-0.2, 0) is 0 Å². The lowest BCUT2D eigenvalue weighted by Gasteiger charge is -2.15. The van der Waals surface area contributed by atoms with Crippen molar-refractivity contribution in [2.45, 2.75) is 0 Å². The molecule has 0 fully saturated rings. The van der Waals surface area contributed by atoms with Gasteiger partial charge in [0.25, 0.3) is 0 Å². The molecule has 0 aliphatic rings. The van der Waals surface area contributed by atoms with E-state index < -0.39 is 0 Å². The summed E-state index contributed by atoms with van der Waals surface area (Å²) in [4.78, 5) is 51.8. The highest BCUT2D eigenvalue weighted by Crippen LogP contribution is 2.40. The first-order valence-electron chi connectivity index (χ1n) is 30.4. The van der Waals surface area contributed by atoms with Crippen molar-refractivity contribution in [1.82, 2.24) is 49.8 Å². The van der Waals surface area contributed by atoms with Gasteiger partial charge in [-0.25, -0.2) is 49.8 Å². The average molecular weight is 1180 g/mol. The van der Waals surface area contributed by atoms with Crippen LogP contribution in [0.3, 0.4) is 0 Å². The highest BCUT2D eigenvalue weighted by atomic mass is 15.0. The number of hydrogen-bond acceptors (Lipinski definition) is 10. The van der Waals surface area contributed by atoms with Gasteiger partial charge in [-0.2, -0.15) is 0 Å². The molecule has 10 nitrogen and oxygen atoms in total. The summed E-state index contributed by atoms with van der Waals surface area (Å²) in [5.74, 6) is 4.72. The fraction of sp³-hybridized carbons (Fsp3) is 0. The van der Waals surface area contributed by atoms with Crippen molar-refractivity contribution >= 4 is 21.5 Å². The van der Waals surface area contributed by atoms with Crippen molar-refractivity contribution < 1.29 is 0 Å². The van der Waals surface area contributed by atoms with Gasteiger partial charge < -0.3 is 0 Å². The molecule has 0 N–H and O–H groups in total. The Morgan fingerprint density at radius 1 is 0.141 bits per heavy atom. The van der Waals surface area contributed by atoms with E-state index in [9.17, 15) is 0 Å². The number of nitrogens with zero attached hydrogens (tertiary/aromatic N) is 10. The smallest absolute Gasteiger partial charge is 0.164 e. The van der Waals surface area contributed by atoms with Crippen LogP contribution < -0.4 is 0 Å². The molecule has 12 aromatic carbocycles. The zero-order valence-electron chi connectivity index (χ0n) is 49.5. The van der Waals surface area contributed by atoms with E-state index in [4.69, 9.17) is 49.8 Å². The largest absolute Gasteiger partial charge is 0.228 e. The summed E-state index contributed by atoms with van der Waals surface area (Å²) in [5, 5.41) is 4.09. The fourth-order valence-corrected chi connectivity index (χ4v) is 11.8. The second-order valence-corrected chi connectivity index (χ2v) is 22.4. The summed E-state index contributed by atoms with van der Waals surface area (Å²) >= 11 is 0. The van der Waals surface area contributed by atoms with Crippen LogP contribution >= 0.6 is 0 Å². The summed E-state index contributed by atoms with van der Waals surface area (Å²) in [6.07, 6.45) is 0. The summed E-state index contributed by atoms with van der Waals surface area (Å²) < 4.78 is 0. The van der Waals surface area contributed by atoms with Crippen LogP contribution in [0.1, 0.15) is 0 Å². The van der Waals surface area contributed by atoms with Crippen LogP contribution in [0.25, 0.3) is 169 Å². The minimum absolute atomic E-state index is 0.538.